The molecule has 0 spiro atoms. The molecule has 1 aliphatic heterocycles. The highest BCUT2D eigenvalue weighted by Crippen LogP contribution is 2.26. The van der Waals surface area contributed by atoms with E-state index >= 15 is 0 Å². The van der Waals surface area contributed by atoms with Crippen LogP contribution in [-0.2, 0) is 0 Å². The van der Waals surface area contributed by atoms with E-state index in [9.17, 15) is 4.79 Å². The van der Waals surface area contributed by atoms with Gasteiger partial charge in [-0.15, -0.1) is 0 Å². The number of rotatable bonds is 2. The van der Waals surface area contributed by atoms with Crippen LogP contribution in [0.15, 0.2) is 35.3 Å². The minimum Gasteiger partial charge on any atom is -0.317 e. The van der Waals surface area contributed by atoms with E-state index in [4.69, 9.17) is 0 Å². The first kappa shape index (κ1) is 12.2. The average Bonchev–Trinajstić information content (AvgIpc) is 2.79. The second-order valence-corrected chi connectivity index (χ2v) is 5.19. The van der Waals surface area contributed by atoms with Gasteiger partial charge in [-0.25, -0.2) is 4.79 Å². The average molecular weight is 257 g/mol. The van der Waals surface area contributed by atoms with E-state index in [1.165, 1.54) is 18.4 Å². The fraction of sp³-hybridized carbons (Fsp3) is 0.400. The van der Waals surface area contributed by atoms with Gasteiger partial charge in [0.25, 0.3) is 0 Å². The van der Waals surface area contributed by atoms with Crippen LogP contribution in [-0.4, -0.2) is 22.6 Å². The topological polar surface area (TPSA) is 49.8 Å². The predicted molar refractivity (Wildman–Crippen MR) is 76.0 cm³/mol. The molecule has 0 radical (unpaired) electrons. The summed E-state index contributed by atoms with van der Waals surface area (Å²) in [5, 5.41) is 3.38. The third-order valence-corrected chi connectivity index (χ3v) is 3.90. The fourth-order valence-electron chi connectivity index (χ4n) is 2.85. The molecule has 0 amide bonds. The zero-order valence-electron chi connectivity index (χ0n) is 11.1. The molecule has 2 heterocycles. The summed E-state index contributed by atoms with van der Waals surface area (Å²) < 4.78 is 1.73. The first-order valence-corrected chi connectivity index (χ1v) is 6.84. The maximum atomic E-state index is 11.8. The quantitative estimate of drug-likeness (QED) is 0.864. The molecule has 2 aromatic rings. The Hall–Kier alpha value is -1.81. The Labute approximate surface area is 112 Å². The Bertz CT molecular complexity index is 620. The van der Waals surface area contributed by atoms with Crippen molar-refractivity contribution in [2.45, 2.75) is 25.7 Å². The molecule has 3 rings (SSSR count). The van der Waals surface area contributed by atoms with Gasteiger partial charge < -0.3 is 10.3 Å². The Morgan fingerprint density at radius 2 is 2.05 bits per heavy atom. The maximum absolute atomic E-state index is 11.8. The molecule has 1 saturated heterocycles. The second kappa shape index (κ2) is 5.05. The monoisotopic (exact) mass is 257 g/mol. The van der Waals surface area contributed by atoms with E-state index in [0.717, 1.165) is 24.5 Å². The summed E-state index contributed by atoms with van der Waals surface area (Å²) in [5.74, 6) is 0.608. The number of aromatic amines is 1. The second-order valence-electron chi connectivity index (χ2n) is 5.19. The van der Waals surface area contributed by atoms with Gasteiger partial charge in [-0.05, 0) is 56.5 Å². The molecule has 0 atom stereocenters. The van der Waals surface area contributed by atoms with Crippen LogP contribution in [0.4, 0.5) is 0 Å². The number of aryl methyl sites for hydroxylation is 1. The van der Waals surface area contributed by atoms with Crippen molar-refractivity contribution in [2.24, 2.45) is 0 Å². The highest BCUT2D eigenvalue weighted by atomic mass is 16.1. The zero-order valence-corrected chi connectivity index (χ0v) is 11.1. The van der Waals surface area contributed by atoms with Gasteiger partial charge in [0.1, 0.15) is 0 Å². The summed E-state index contributed by atoms with van der Waals surface area (Å²) in [7, 11) is 0. The number of nitrogens with zero attached hydrogens (tertiary/aromatic N) is 1. The van der Waals surface area contributed by atoms with Gasteiger partial charge in [-0.1, -0.05) is 12.1 Å². The van der Waals surface area contributed by atoms with Crippen molar-refractivity contribution in [1.82, 2.24) is 14.9 Å². The van der Waals surface area contributed by atoms with Crippen LogP contribution in [0, 0.1) is 6.92 Å². The number of aromatic nitrogens is 2. The van der Waals surface area contributed by atoms with Crippen molar-refractivity contribution < 1.29 is 0 Å². The molecule has 0 bridgehead atoms. The Morgan fingerprint density at radius 3 is 2.74 bits per heavy atom. The van der Waals surface area contributed by atoms with Crippen LogP contribution < -0.4 is 11.0 Å². The zero-order chi connectivity index (χ0) is 13.2. The van der Waals surface area contributed by atoms with Gasteiger partial charge in [0, 0.05) is 11.9 Å². The van der Waals surface area contributed by atoms with Crippen LogP contribution >= 0.6 is 0 Å². The molecule has 0 unspecified atom stereocenters. The van der Waals surface area contributed by atoms with Gasteiger partial charge in [0.15, 0.2) is 0 Å². The SMILES string of the molecule is Cc1c[nH]c(=O)n1-c1cccc(C2CCNCC2)c1. The van der Waals surface area contributed by atoms with Gasteiger partial charge in [0.05, 0.1) is 5.69 Å². The molecule has 4 heteroatoms. The van der Waals surface area contributed by atoms with Crippen molar-refractivity contribution in [3.63, 3.8) is 0 Å². The molecule has 0 saturated carbocycles. The first-order chi connectivity index (χ1) is 9.25. The molecule has 100 valence electrons. The Balaban J connectivity index is 1.98. The molecule has 0 aliphatic carbocycles. The highest BCUT2D eigenvalue weighted by Gasteiger charge is 2.16. The number of piperidine rings is 1. The Morgan fingerprint density at radius 1 is 1.26 bits per heavy atom. The van der Waals surface area contributed by atoms with Gasteiger partial charge in [0.2, 0.25) is 0 Å². The molecule has 1 aliphatic rings. The number of imidazole rings is 1. The molecule has 4 nitrogen and oxygen atoms in total. The largest absolute Gasteiger partial charge is 0.330 e. The van der Waals surface area contributed by atoms with Crippen LogP contribution in [0.3, 0.4) is 0 Å². The lowest BCUT2D eigenvalue weighted by molar-refractivity contribution is 0.460. The van der Waals surface area contributed by atoms with Gasteiger partial charge in [-0.3, -0.25) is 4.57 Å². The van der Waals surface area contributed by atoms with Crippen molar-refractivity contribution in [1.29, 1.82) is 0 Å². The molecule has 2 N–H and O–H groups in total. The van der Waals surface area contributed by atoms with Gasteiger partial charge >= 0.3 is 5.69 Å². The van der Waals surface area contributed by atoms with Crippen molar-refractivity contribution in [2.75, 3.05) is 13.1 Å². The van der Waals surface area contributed by atoms with E-state index in [1.54, 1.807) is 10.8 Å². The van der Waals surface area contributed by atoms with Crippen LogP contribution in [0.1, 0.15) is 30.0 Å². The number of hydrogen-bond donors (Lipinski definition) is 2. The molecule has 1 aromatic carbocycles. The van der Waals surface area contributed by atoms with E-state index in [0.29, 0.717) is 5.92 Å². The normalized spacial score (nSPS) is 16.7. The van der Waals surface area contributed by atoms with Crippen molar-refractivity contribution in [3.05, 3.63) is 52.2 Å². The van der Waals surface area contributed by atoms with E-state index < -0.39 is 0 Å². The van der Waals surface area contributed by atoms with E-state index in [1.807, 2.05) is 19.1 Å². The Kier molecular flexibility index (Phi) is 3.25. The molecule has 1 fully saturated rings. The number of benzene rings is 1. The van der Waals surface area contributed by atoms with E-state index in [-0.39, 0.29) is 5.69 Å². The molecular weight excluding hydrogens is 238 g/mol. The van der Waals surface area contributed by atoms with Crippen LogP contribution in [0.25, 0.3) is 5.69 Å². The lowest BCUT2D eigenvalue weighted by Gasteiger charge is -2.23. The first-order valence-electron chi connectivity index (χ1n) is 6.84. The highest BCUT2D eigenvalue weighted by molar-refractivity contribution is 5.38. The lowest BCUT2D eigenvalue weighted by Crippen LogP contribution is -2.26. The van der Waals surface area contributed by atoms with Crippen LogP contribution in [0.2, 0.25) is 0 Å². The summed E-state index contributed by atoms with van der Waals surface area (Å²) in [6.07, 6.45) is 4.09. The summed E-state index contributed by atoms with van der Waals surface area (Å²) in [4.78, 5) is 14.6. The maximum Gasteiger partial charge on any atom is 0.330 e. The van der Waals surface area contributed by atoms with Crippen LogP contribution in [0.5, 0.6) is 0 Å². The third-order valence-electron chi connectivity index (χ3n) is 3.90. The van der Waals surface area contributed by atoms with Gasteiger partial charge in [-0.2, -0.15) is 0 Å². The standard InChI is InChI=1S/C15H19N3O/c1-11-10-17-15(19)18(11)14-4-2-3-13(9-14)12-5-7-16-8-6-12/h2-4,9-10,12,16H,5-8H2,1H3,(H,17,19). The van der Waals surface area contributed by atoms with Crippen molar-refractivity contribution >= 4 is 0 Å². The number of nitrogens with one attached hydrogen (secondary N) is 2. The summed E-state index contributed by atoms with van der Waals surface area (Å²) in [6.45, 7) is 4.10. The fourth-order valence-corrected chi connectivity index (χ4v) is 2.85. The summed E-state index contributed by atoms with van der Waals surface area (Å²) >= 11 is 0. The minimum atomic E-state index is -0.0695. The van der Waals surface area contributed by atoms with E-state index in [2.05, 4.69) is 22.4 Å². The number of H-pyrrole nitrogens is 1. The molecule has 1 aromatic heterocycles. The summed E-state index contributed by atoms with van der Waals surface area (Å²) in [5.41, 5.74) is 3.17. The molecule has 19 heavy (non-hydrogen) atoms. The number of hydrogen-bond acceptors (Lipinski definition) is 2. The third kappa shape index (κ3) is 2.36. The smallest absolute Gasteiger partial charge is 0.317 e. The minimum absolute atomic E-state index is 0.0695. The lowest BCUT2D eigenvalue weighted by atomic mass is 9.90. The summed E-state index contributed by atoms with van der Waals surface area (Å²) in [6, 6.07) is 8.36. The predicted octanol–water partition coefficient (Wildman–Crippen LogP) is 1.94. The van der Waals surface area contributed by atoms with Crippen molar-refractivity contribution in [3.8, 4) is 5.69 Å². The molecular formula is C15H19N3O.